The number of benzene rings is 1. The molecule has 0 aliphatic heterocycles. The maximum absolute atomic E-state index is 13.2. The highest BCUT2D eigenvalue weighted by Crippen LogP contribution is 2.30. The number of aromatic nitrogens is 3. The quantitative estimate of drug-likeness (QED) is 0.253. The maximum Gasteiger partial charge on any atom is 0.433 e. The number of azide groups is 1. The zero-order chi connectivity index (χ0) is 22.8. The van der Waals surface area contributed by atoms with Crippen molar-refractivity contribution in [3.05, 3.63) is 80.7 Å². The largest absolute Gasteiger partial charge is 0.433 e. The van der Waals surface area contributed by atoms with Gasteiger partial charge in [0.1, 0.15) is 5.69 Å². The fourth-order valence-electron chi connectivity index (χ4n) is 2.61. The fraction of sp³-hybridized carbons (Fsp3) is 0.167. The molecule has 0 saturated heterocycles. The van der Waals surface area contributed by atoms with E-state index in [1.807, 2.05) is 0 Å². The normalized spacial score (nSPS) is 11.7. The molecule has 3 aromatic rings. The van der Waals surface area contributed by atoms with Gasteiger partial charge in [-0.3, -0.25) is 4.79 Å². The minimum atomic E-state index is -4.89. The number of hydrogen-bond donors (Lipinski definition) is 0. The summed E-state index contributed by atoms with van der Waals surface area (Å²) in [6.07, 6.45) is -2.91. The molecular formula is C18H13F3N6O3S. The van der Waals surface area contributed by atoms with E-state index in [-0.39, 0.29) is 17.8 Å². The summed E-state index contributed by atoms with van der Waals surface area (Å²) in [5, 5.41) is 2.47. The third-order valence-corrected chi connectivity index (χ3v) is 4.90. The summed E-state index contributed by atoms with van der Waals surface area (Å²) in [6.45, 7) is 0.0688. The summed E-state index contributed by atoms with van der Waals surface area (Å²) >= 11 is 0. The lowest BCUT2D eigenvalue weighted by molar-refractivity contribution is -0.141. The van der Waals surface area contributed by atoms with Gasteiger partial charge in [-0.1, -0.05) is 29.4 Å². The van der Waals surface area contributed by atoms with Crippen LogP contribution in [0, 0.1) is 0 Å². The van der Waals surface area contributed by atoms with Gasteiger partial charge in [0.15, 0.2) is 0 Å². The lowest BCUT2D eigenvalue weighted by atomic mass is 10.1. The Labute approximate surface area is 173 Å². The van der Waals surface area contributed by atoms with E-state index in [1.165, 1.54) is 16.8 Å². The van der Waals surface area contributed by atoms with Crippen LogP contribution in [0.5, 0.6) is 0 Å². The second kappa shape index (κ2) is 8.20. The highest BCUT2D eigenvalue weighted by molar-refractivity contribution is 7.90. The first-order valence-electron chi connectivity index (χ1n) is 8.48. The van der Waals surface area contributed by atoms with Crippen LogP contribution in [0.3, 0.4) is 0 Å². The van der Waals surface area contributed by atoms with Gasteiger partial charge in [-0.15, -0.1) is 0 Å². The van der Waals surface area contributed by atoms with E-state index in [2.05, 4.69) is 20.0 Å². The van der Waals surface area contributed by atoms with E-state index in [1.54, 1.807) is 24.3 Å². The second-order valence-electron chi connectivity index (χ2n) is 6.43. The molecule has 0 radical (unpaired) electrons. The van der Waals surface area contributed by atoms with Gasteiger partial charge in [-0.25, -0.2) is 18.4 Å². The molecule has 1 aromatic carbocycles. The molecule has 0 spiro atoms. The number of nitrogens with zero attached hydrogens (tertiary/aromatic N) is 6. The molecule has 0 bridgehead atoms. The van der Waals surface area contributed by atoms with Gasteiger partial charge >= 0.3 is 6.18 Å². The van der Waals surface area contributed by atoms with Crippen molar-refractivity contribution >= 4 is 15.5 Å². The zero-order valence-electron chi connectivity index (χ0n) is 15.8. The Morgan fingerprint density at radius 1 is 1.13 bits per heavy atom. The molecule has 2 heterocycles. The van der Waals surface area contributed by atoms with Gasteiger partial charge in [-0.05, 0) is 23.2 Å². The minimum absolute atomic E-state index is 0.0688. The molecule has 0 amide bonds. The van der Waals surface area contributed by atoms with E-state index in [4.69, 9.17) is 5.53 Å². The average molecular weight is 450 g/mol. The van der Waals surface area contributed by atoms with E-state index in [9.17, 15) is 26.4 Å². The summed E-state index contributed by atoms with van der Waals surface area (Å²) in [4.78, 5) is 21.7. The first-order valence-corrected chi connectivity index (χ1v) is 10.4. The number of sulfone groups is 1. The molecule has 0 saturated carbocycles. The summed E-state index contributed by atoms with van der Waals surface area (Å²) in [5.41, 5.74) is 7.43. The predicted molar refractivity (Wildman–Crippen MR) is 104 cm³/mol. The molecule has 0 aliphatic rings. The SMILES string of the molecule is CS(=O)(=O)c1nc(-c2ccc(=O)n(Cc3ccc(N=[N+]=[N-])cc3)c2)cc(C(F)(F)F)n1. The van der Waals surface area contributed by atoms with Crippen molar-refractivity contribution in [3.8, 4) is 11.3 Å². The monoisotopic (exact) mass is 450 g/mol. The van der Waals surface area contributed by atoms with Crippen molar-refractivity contribution < 1.29 is 21.6 Å². The third kappa shape index (κ3) is 5.27. The summed E-state index contributed by atoms with van der Waals surface area (Å²) < 4.78 is 64.3. The minimum Gasteiger partial charge on any atom is -0.310 e. The van der Waals surface area contributed by atoms with E-state index < -0.39 is 32.4 Å². The van der Waals surface area contributed by atoms with Crippen molar-refractivity contribution in [1.29, 1.82) is 0 Å². The molecule has 0 fully saturated rings. The van der Waals surface area contributed by atoms with Crippen LogP contribution >= 0.6 is 0 Å². The van der Waals surface area contributed by atoms with Crippen LogP contribution in [0.25, 0.3) is 21.7 Å². The summed E-state index contributed by atoms with van der Waals surface area (Å²) in [7, 11) is -4.12. The van der Waals surface area contributed by atoms with E-state index >= 15 is 0 Å². The third-order valence-electron chi connectivity index (χ3n) is 4.06. The van der Waals surface area contributed by atoms with E-state index in [0.717, 1.165) is 6.07 Å². The number of hydrogen-bond acceptors (Lipinski definition) is 6. The number of pyridine rings is 1. The van der Waals surface area contributed by atoms with Gasteiger partial charge in [-0.2, -0.15) is 13.2 Å². The van der Waals surface area contributed by atoms with Gasteiger partial charge in [0, 0.05) is 34.7 Å². The molecule has 3 rings (SSSR count). The molecule has 9 nitrogen and oxygen atoms in total. The molecule has 13 heteroatoms. The topological polar surface area (TPSA) is 131 Å². The van der Waals surface area contributed by atoms with Crippen LogP contribution in [0.4, 0.5) is 18.9 Å². The highest BCUT2D eigenvalue weighted by Gasteiger charge is 2.35. The van der Waals surface area contributed by atoms with Crippen LogP contribution in [0.1, 0.15) is 11.3 Å². The Morgan fingerprint density at radius 2 is 1.81 bits per heavy atom. The predicted octanol–water partition coefficient (Wildman–Crippen LogP) is 3.72. The number of halogens is 3. The van der Waals surface area contributed by atoms with Gasteiger partial charge < -0.3 is 4.57 Å². The molecule has 0 aliphatic carbocycles. The van der Waals surface area contributed by atoms with Gasteiger partial charge in [0.2, 0.25) is 15.0 Å². The first-order chi connectivity index (χ1) is 14.5. The van der Waals surface area contributed by atoms with Crippen molar-refractivity contribution in [1.82, 2.24) is 14.5 Å². The first kappa shape index (κ1) is 22.0. The molecule has 31 heavy (non-hydrogen) atoms. The van der Waals surface area contributed by atoms with Crippen molar-refractivity contribution in [2.24, 2.45) is 5.11 Å². The second-order valence-corrected chi connectivity index (χ2v) is 8.34. The van der Waals surface area contributed by atoms with Crippen LogP contribution in [0.2, 0.25) is 0 Å². The average Bonchev–Trinajstić information content (AvgIpc) is 2.69. The molecule has 0 atom stereocenters. The molecular weight excluding hydrogens is 437 g/mol. The number of rotatable bonds is 5. The molecule has 2 aromatic heterocycles. The maximum atomic E-state index is 13.2. The highest BCUT2D eigenvalue weighted by atomic mass is 32.2. The summed E-state index contributed by atoms with van der Waals surface area (Å²) in [6, 6.07) is 9.34. The Morgan fingerprint density at radius 3 is 2.39 bits per heavy atom. The lowest BCUT2D eigenvalue weighted by Gasteiger charge is -2.12. The van der Waals surface area contributed by atoms with Crippen LogP contribution in [-0.2, 0) is 22.6 Å². The Kier molecular flexibility index (Phi) is 5.82. The van der Waals surface area contributed by atoms with Crippen LogP contribution in [-0.4, -0.2) is 29.2 Å². The molecule has 0 N–H and O–H groups in total. The van der Waals surface area contributed by atoms with Crippen molar-refractivity contribution in [2.75, 3.05) is 6.26 Å². The summed E-state index contributed by atoms with van der Waals surface area (Å²) in [5.74, 6) is 0. The van der Waals surface area contributed by atoms with Crippen LogP contribution in [0.15, 0.2) is 63.7 Å². The van der Waals surface area contributed by atoms with Crippen LogP contribution < -0.4 is 5.56 Å². The van der Waals surface area contributed by atoms with Gasteiger partial charge in [0.05, 0.1) is 12.2 Å². The Bertz CT molecular complexity index is 1350. The lowest BCUT2D eigenvalue weighted by Crippen LogP contribution is -2.19. The molecule has 0 unspecified atom stereocenters. The van der Waals surface area contributed by atoms with Crippen molar-refractivity contribution in [3.63, 3.8) is 0 Å². The fourth-order valence-corrected chi connectivity index (χ4v) is 3.14. The Hall–Kier alpha value is -3.70. The number of alkyl halides is 3. The van der Waals surface area contributed by atoms with Gasteiger partial charge in [0.25, 0.3) is 5.56 Å². The Balaban J connectivity index is 2.06. The van der Waals surface area contributed by atoms with Crippen molar-refractivity contribution in [2.45, 2.75) is 17.9 Å². The van der Waals surface area contributed by atoms with E-state index in [0.29, 0.717) is 23.6 Å². The molecule has 160 valence electrons. The smallest absolute Gasteiger partial charge is 0.310 e. The zero-order valence-corrected chi connectivity index (χ0v) is 16.6. The standard InChI is InChI=1S/C18H13F3N6O3S/c1-31(29,30)17-23-14(8-15(24-17)18(19,20)21)12-4-7-16(28)27(10-12)9-11-2-5-13(6-3-11)25-26-22/h2-8,10H,9H2,1H3.